The highest BCUT2D eigenvalue weighted by Gasteiger charge is 2.60. The molecule has 5 rings (SSSR count). The lowest BCUT2D eigenvalue weighted by molar-refractivity contribution is -0.332. The van der Waals surface area contributed by atoms with E-state index in [-0.39, 0.29) is 18.8 Å². The Kier molecular flexibility index (Phi) is 7.79. The number of allylic oxidation sites excluding steroid dienone is 4. The smallest absolute Gasteiger partial charge is 0.316 e. The third kappa shape index (κ3) is 5.20. The summed E-state index contributed by atoms with van der Waals surface area (Å²) < 4.78 is 25.2. The summed E-state index contributed by atoms with van der Waals surface area (Å²) in [4.78, 5) is 13.8. The maximum Gasteiger partial charge on any atom is 0.316 e. The Labute approximate surface area is 226 Å². The van der Waals surface area contributed by atoms with E-state index in [1.165, 1.54) is 5.57 Å². The van der Waals surface area contributed by atoms with Gasteiger partial charge in [0.05, 0.1) is 18.8 Å². The second-order valence-corrected chi connectivity index (χ2v) is 12.4. The van der Waals surface area contributed by atoms with Gasteiger partial charge < -0.3 is 29.2 Å². The lowest BCUT2D eigenvalue weighted by Gasteiger charge is -2.49. The maximum absolute atomic E-state index is 13.8. The van der Waals surface area contributed by atoms with Crippen LogP contribution in [0, 0.1) is 17.8 Å². The molecule has 0 amide bonds. The molecule has 4 aliphatic heterocycles. The van der Waals surface area contributed by atoms with Crippen molar-refractivity contribution in [2.75, 3.05) is 6.61 Å². The highest BCUT2D eigenvalue weighted by molar-refractivity contribution is 5.78. The number of hydrogen-bond acceptors (Lipinski definition) is 7. The zero-order chi connectivity index (χ0) is 27.2. The van der Waals surface area contributed by atoms with Crippen molar-refractivity contribution in [3.05, 3.63) is 47.1 Å². The summed E-state index contributed by atoms with van der Waals surface area (Å²) in [7, 11) is 0. The van der Waals surface area contributed by atoms with Gasteiger partial charge in [-0.05, 0) is 63.0 Å². The van der Waals surface area contributed by atoms with Gasteiger partial charge in [0, 0.05) is 19.3 Å². The SMILES string of the molecule is CC1=C[C@H]2C(=O)O[C@H]3C[C@@H](C/C=C(\C)C[C@@H](C)/C=C/C=C4\CO[C@H](C1O)[C@@]42O)O[C@]1(CC[C@H](C)[C@@H](C)O1)C3. The summed E-state index contributed by atoms with van der Waals surface area (Å²) in [5.41, 5.74) is 0.783. The molecule has 1 unspecified atom stereocenters. The Hall–Kier alpha value is -1.77. The zero-order valence-corrected chi connectivity index (χ0v) is 23.4. The van der Waals surface area contributed by atoms with Crippen molar-refractivity contribution in [1.29, 1.82) is 0 Å². The van der Waals surface area contributed by atoms with Crippen LogP contribution in [0.15, 0.2) is 47.1 Å². The fourth-order valence-corrected chi connectivity index (χ4v) is 6.85. The van der Waals surface area contributed by atoms with Gasteiger partial charge in [0.1, 0.15) is 29.8 Å². The van der Waals surface area contributed by atoms with Crippen molar-refractivity contribution >= 4 is 5.97 Å². The Bertz CT molecular complexity index is 1040. The van der Waals surface area contributed by atoms with E-state index in [0.717, 1.165) is 25.7 Å². The van der Waals surface area contributed by atoms with E-state index >= 15 is 0 Å². The molecule has 0 aromatic heterocycles. The average Bonchev–Trinajstić information content (AvgIpc) is 3.19. The van der Waals surface area contributed by atoms with Crippen molar-refractivity contribution < 1.29 is 34.0 Å². The van der Waals surface area contributed by atoms with Gasteiger partial charge in [-0.1, -0.05) is 49.8 Å². The normalized spacial score (nSPS) is 49.7. The van der Waals surface area contributed by atoms with Crippen molar-refractivity contribution in [3.63, 3.8) is 0 Å². The number of carbonyl (C=O) groups is 1. The summed E-state index contributed by atoms with van der Waals surface area (Å²) in [6.07, 6.45) is 11.8. The molecule has 5 aliphatic rings. The van der Waals surface area contributed by atoms with Crippen molar-refractivity contribution in [2.24, 2.45) is 17.8 Å². The predicted molar refractivity (Wildman–Crippen MR) is 143 cm³/mol. The molecule has 4 heterocycles. The molecule has 3 fully saturated rings. The largest absolute Gasteiger partial charge is 0.462 e. The summed E-state index contributed by atoms with van der Waals surface area (Å²) >= 11 is 0. The number of ether oxygens (including phenoxy) is 4. The number of rotatable bonds is 0. The van der Waals surface area contributed by atoms with Crippen molar-refractivity contribution in [2.45, 2.75) is 115 Å². The van der Waals surface area contributed by atoms with Gasteiger partial charge >= 0.3 is 5.97 Å². The number of aliphatic hydroxyl groups is 2. The van der Waals surface area contributed by atoms with Crippen LogP contribution in [0.5, 0.6) is 0 Å². The fourth-order valence-electron chi connectivity index (χ4n) is 6.85. The summed E-state index contributed by atoms with van der Waals surface area (Å²) in [5.74, 6) is -1.53. The van der Waals surface area contributed by atoms with E-state index in [1.807, 2.05) is 12.2 Å². The van der Waals surface area contributed by atoms with Crippen LogP contribution < -0.4 is 0 Å². The first kappa shape index (κ1) is 27.8. The van der Waals surface area contributed by atoms with E-state index in [1.54, 1.807) is 13.0 Å². The van der Waals surface area contributed by atoms with Crippen LogP contribution in [-0.4, -0.2) is 64.7 Å². The third-order valence-electron chi connectivity index (χ3n) is 9.30. The zero-order valence-electron chi connectivity index (χ0n) is 23.4. The molecule has 2 bridgehead atoms. The first-order valence-electron chi connectivity index (χ1n) is 14.3. The standard InChI is InChI=1S/C31H44O7/c1-18-7-6-8-23-17-35-28-27(32)21(4)14-26(31(23,28)34)29(33)36-25-15-24(10-9-19(2)13-18)38-30(16-25)12-11-20(3)22(5)37-30/h6-9,14,18,20,22,24-28,32,34H,10-13,15-17H2,1-5H3/b7-6+,19-9+,23-8+/t18-,20-,22+,24+,25-,26-,27?,28+,30+,31+/m0/s1. The van der Waals surface area contributed by atoms with Gasteiger partial charge in [0.25, 0.3) is 0 Å². The minimum atomic E-state index is -1.68. The highest BCUT2D eigenvalue weighted by atomic mass is 16.7. The minimum Gasteiger partial charge on any atom is -0.462 e. The van der Waals surface area contributed by atoms with Crippen molar-refractivity contribution in [1.82, 2.24) is 0 Å². The first-order chi connectivity index (χ1) is 18.0. The van der Waals surface area contributed by atoms with Crippen LogP contribution in [-0.2, 0) is 23.7 Å². The second kappa shape index (κ2) is 10.7. The summed E-state index contributed by atoms with van der Waals surface area (Å²) in [5, 5.41) is 22.8. The molecule has 0 radical (unpaired) electrons. The van der Waals surface area contributed by atoms with Gasteiger partial charge in [-0.3, -0.25) is 4.79 Å². The van der Waals surface area contributed by atoms with Crippen LogP contribution in [0.1, 0.15) is 73.1 Å². The predicted octanol–water partition coefficient (Wildman–Crippen LogP) is 4.53. The third-order valence-corrected chi connectivity index (χ3v) is 9.30. The molecule has 38 heavy (non-hydrogen) atoms. The molecule has 1 spiro atoms. The summed E-state index contributed by atoms with van der Waals surface area (Å²) in [6.45, 7) is 10.5. The van der Waals surface area contributed by atoms with E-state index in [9.17, 15) is 15.0 Å². The second-order valence-electron chi connectivity index (χ2n) is 12.4. The molecule has 0 aromatic rings. The Morgan fingerprint density at radius 2 is 1.89 bits per heavy atom. The molecule has 2 N–H and O–H groups in total. The van der Waals surface area contributed by atoms with Gasteiger partial charge in [0.15, 0.2) is 5.79 Å². The van der Waals surface area contributed by atoms with Crippen LogP contribution in [0.2, 0.25) is 0 Å². The quantitative estimate of drug-likeness (QED) is 0.352. The minimum absolute atomic E-state index is 0.0526. The van der Waals surface area contributed by atoms with E-state index in [0.29, 0.717) is 35.8 Å². The lowest BCUT2D eigenvalue weighted by atomic mass is 9.71. The van der Waals surface area contributed by atoms with Gasteiger partial charge in [-0.15, -0.1) is 0 Å². The number of fused-ring (bicyclic) bond motifs is 2. The molecule has 7 heteroatoms. The molecule has 0 aromatic carbocycles. The van der Waals surface area contributed by atoms with E-state index in [4.69, 9.17) is 18.9 Å². The van der Waals surface area contributed by atoms with Crippen LogP contribution >= 0.6 is 0 Å². The molecule has 210 valence electrons. The maximum atomic E-state index is 13.8. The van der Waals surface area contributed by atoms with E-state index in [2.05, 4.69) is 39.8 Å². The monoisotopic (exact) mass is 528 g/mol. The number of carbonyl (C=O) groups excluding carboxylic acids is 1. The molecular weight excluding hydrogens is 484 g/mol. The van der Waals surface area contributed by atoms with Crippen LogP contribution in [0.3, 0.4) is 0 Å². The van der Waals surface area contributed by atoms with Gasteiger partial charge in [-0.25, -0.2) is 0 Å². The molecular formula is C31H44O7. The lowest BCUT2D eigenvalue weighted by Crippen LogP contribution is -2.58. The first-order valence-corrected chi connectivity index (χ1v) is 14.3. The number of hydrogen-bond donors (Lipinski definition) is 2. The molecule has 1 aliphatic carbocycles. The Balaban J connectivity index is 1.51. The van der Waals surface area contributed by atoms with Crippen molar-refractivity contribution in [3.8, 4) is 0 Å². The number of aliphatic hydroxyl groups excluding tert-OH is 1. The van der Waals surface area contributed by atoms with Gasteiger partial charge in [0.2, 0.25) is 0 Å². The topological polar surface area (TPSA) is 94.5 Å². The average molecular weight is 529 g/mol. The molecule has 0 saturated carbocycles. The van der Waals surface area contributed by atoms with E-state index < -0.39 is 41.6 Å². The summed E-state index contributed by atoms with van der Waals surface area (Å²) in [6, 6.07) is 0. The Morgan fingerprint density at radius 3 is 2.66 bits per heavy atom. The van der Waals surface area contributed by atoms with Crippen LogP contribution in [0.4, 0.5) is 0 Å². The fraction of sp³-hybridized carbons (Fsp3) is 0.710. The number of esters is 1. The molecule has 7 nitrogen and oxygen atoms in total. The van der Waals surface area contributed by atoms with Gasteiger partial charge in [-0.2, -0.15) is 0 Å². The molecule has 3 saturated heterocycles. The highest BCUT2D eigenvalue weighted by Crippen LogP contribution is 2.47. The Morgan fingerprint density at radius 1 is 1.11 bits per heavy atom. The molecule has 10 atom stereocenters. The van der Waals surface area contributed by atoms with Crippen LogP contribution in [0.25, 0.3) is 0 Å².